The van der Waals surface area contributed by atoms with Crippen molar-refractivity contribution in [3.63, 3.8) is 0 Å². The molecule has 0 heterocycles. The molecule has 4 heteroatoms. The van der Waals surface area contributed by atoms with Crippen LogP contribution in [0, 0.1) is 11.3 Å². The molecule has 0 rings (SSSR count). The summed E-state index contributed by atoms with van der Waals surface area (Å²) in [4.78, 5) is 31.2. The Kier molecular flexibility index (Phi) is 6.85. The molecule has 0 N–H and O–H groups in total. The lowest BCUT2D eigenvalue weighted by atomic mass is 9.84. The number of hydrogen-bond acceptors (Lipinski definition) is 4. The zero-order valence-corrected chi connectivity index (χ0v) is 11.5. The minimum atomic E-state index is -0.496. The van der Waals surface area contributed by atoms with Gasteiger partial charge in [-0.25, -0.2) is 19.4 Å². The normalized spacial score (nSPS) is 13.0. The smallest absolute Gasteiger partial charge is 0.247 e. The molecule has 0 aromatic heterocycles. The molecule has 0 aliphatic carbocycles. The van der Waals surface area contributed by atoms with Crippen LogP contribution in [0.15, 0.2) is 0 Å². The van der Waals surface area contributed by atoms with Gasteiger partial charge >= 0.3 is 11.9 Å². The van der Waals surface area contributed by atoms with E-state index in [1.165, 1.54) is 0 Å². The van der Waals surface area contributed by atoms with Gasteiger partial charge in [0.2, 0.25) is 0 Å². The molecule has 0 aromatic rings. The van der Waals surface area contributed by atoms with Crippen molar-refractivity contribution in [1.29, 1.82) is 0 Å². The standard InChI is InChI=1S/C13H24O4/c1-6-7-11(14)16-17-12(15)8-10(2)9-13(3,4)5/h10H,6-9H2,1-5H3. The van der Waals surface area contributed by atoms with Crippen LogP contribution in [-0.2, 0) is 19.4 Å². The molecule has 0 amide bonds. The molecule has 100 valence electrons. The van der Waals surface area contributed by atoms with E-state index in [4.69, 9.17) is 0 Å². The molecule has 0 saturated heterocycles. The Hall–Kier alpha value is -1.06. The third-order valence-electron chi connectivity index (χ3n) is 2.16. The van der Waals surface area contributed by atoms with Gasteiger partial charge < -0.3 is 0 Å². The van der Waals surface area contributed by atoms with Crippen LogP contribution in [0.1, 0.15) is 60.3 Å². The monoisotopic (exact) mass is 244 g/mol. The highest BCUT2D eigenvalue weighted by Gasteiger charge is 2.19. The molecular weight excluding hydrogens is 220 g/mol. The second-order valence-corrected chi connectivity index (χ2v) is 5.73. The van der Waals surface area contributed by atoms with E-state index in [0.29, 0.717) is 6.42 Å². The first-order valence-corrected chi connectivity index (χ1v) is 6.14. The van der Waals surface area contributed by atoms with Crippen molar-refractivity contribution in [3.05, 3.63) is 0 Å². The molecule has 1 atom stereocenters. The topological polar surface area (TPSA) is 52.6 Å². The van der Waals surface area contributed by atoms with Crippen molar-refractivity contribution in [2.24, 2.45) is 11.3 Å². The van der Waals surface area contributed by atoms with Crippen LogP contribution in [0.2, 0.25) is 0 Å². The van der Waals surface area contributed by atoms with Crippen molar-refractivity contribution in [2.75, 3.05) is 0 Å². The molecule has 0 radical (unpaired) electrons. The predicted molar refractivity (Wildman–Crippen MR) is 64.9 cm³/mol. The number of rotatable bonds is 5. The Labute approximate surface area is 104 Å². The van der Waals surface area contributed by atoms with Gasteiger partial charge in [-0.1, -0.05) is 34.6 Å². The largest absolute Gasteiger partial charge is 0.355 e. The number of carbonyl (C=O) groups excluding carboxylic acids is 2. The minimum absolute atomic E-state index is 0.179. The Morgan fingerprint density at radius 2 is 1.65 bits per heavy atom. The van der Waals surface area contributed by atoms with E-state index in [9.17, 15) is 9.59 Å². The van der Waals surface area contributed by atoms with Crippen LogP contribution in [0.3, 0.4) is 0 Å². The summed E-state index contributed by atoms with van der Waals surface area (Å²) in [6, 6.07) is 0. The SMILES string of the molecule is CCCC(=O)OOC(=O)CC(C)CC(C)(C)C. The maximum atomic E-state index is 11.3. The highest BCUT2D eigenvalue weighted by molar-refractivity contribution is 5.72. The van der Waals surface area contributed by atoms with Crippen molar-refractivity contribution < 1.29 is 19.4 Å². The Bertz CT molecular complexity index is 253. The second kappa shape index (κ2) is 7.30. The predicted octanol–water partition coefficient (Wildman–Crippen LogP) is 3.25. The highest BCUT2D eigenvalue weighted by atomic mass is 17.2. The lowest BCUT2D eigenvalue weighted by Crippen LogP contribution is -2.17. The molecule has 17 heavy (non-hydrogen) atoms. The van der Waals surface area contributed by atoms with Crippen LogP contribution in [0.4, 0.5) is 0 Å². The summed E-state index contributed by atoms with van der Waals surface area (Å²) in [5.74, 6) is -0.761. The summed E-state index contributed by atoms with van der Waals surface area (Å²) in [5.41, 5.74) is 0.179. The zero-order chi connectivity index (χ0) is 13.5. The molecule has 0 aliphatic heterocycles. The van der Waals surface area contributed by atoms with E-state index in [-0.39, 0.29) is 24.2 Å². The zero-order valence-electron chi connectivity index (χ0n) is 11.5. The third-order valence-corrected chi connectivity index (χ3v) is 2.16. The molecular formula is C13H24O4. The van der Waals surface area contributed by atoms with E-state index in [1.807, 2.05) is 13.8 Å². The van der Waals surface area contributed by atoms with Crippen LogP contribution in [-0.4, -0.2) is 11.9 Å². The van der Waals surface area contributed by atoms with E-state index in [1.54, 1.807) is 0 Å². The molecule has 0 aromatic carbocycles. The first kappa shape index (κ1) is 15.9. The fourth-order valence-electron chi connectivity index (χ4n) is 1.77. The molecule has 0 fully saturated rings. The van der Waals surface area contributed by atoms with E-state index in [0.717, 1.165) is 6.42 Å². The van der Waals surface area contributed by atoms with Crippen molar-refractivity contribution in [2.45, 2.75) is 60.3 Å². The lowest BCUT2D eigenvalue weighted by Gasteiger charge is -2.22. The number of carbonyl (C=O) groups is 2. The first-order valence-electron chi connectivity index (χ1n) is 6.14. The molecule has 4 nitrogen and oxygen atoms in total. The van der Waals surface area contributed by atoms with Gasteiger partial charge in [0.25, 0.3) is 0 Å². The lowest BCUT2D eigenvalue weighted by molar-refractivity contribution is -0.259. The van der Waals surface area contributed by atoms with Crippen molar-refractivity contribution in [1.82, 2.24) is 0 Å². The highest BCUT2D eigenvalue weighted by Crippen LogP contribution is 2.26. The maximum absolute atomic E-state index is 11.3. The van der Waals surface area contributed by atoms with Crippen LogP contribution in [0.25, 0.3) is 0 Å². The van der Waals surface area contributed by atoms with E-state index >= 15 is 0 Å². The van der Waals surface area contributed by atoms with Gasteiger partial charge in [0, 0.05) is 6.42 Å². The van der Waals surface area contributed by atoms with Crippen LogP contribution >= 0.6 is 0 Å². The van der Waals surface area contributed by atoms with Gasteiger partial charge in [-0.3, -0.25) is 0 Å². The fourth-order valence-corrected chi connectivity index (χ4v) is 1.77. The first-order chi connectivity index (χ1) is 7.74. The molecule has 0 spiro atoms. The Morgan fingerprint density at radius 1 is 1.12 bits per heavy atom. The summed E-state index contributed by atoms with van der Waals surface area (Å²) in [7, 11) is 0. The van der Waals surface area contributed by atoms with E-state index < -0.39 is 11.9 Å². The van der Waals surface area contributed by atoms with Crippen LogP contribution in [0.5, 0.6) is 0 Å². The molecule has 0 saturated carbocycles. The minimum Gasteiger partial charge on any atom is -0.247 e. The Morgan fingerprint density at radius 3 is 2.12 bits per heavy atom. The summed E-state index contributed by atoms with van der Waals surface area (Å²) in [6.07, 6.45) is 2.14. The number of hydrogen-bond donors (Lipinski definition) is 0. The average Bonchev–Trinajstić information content (AvgIpc) is 2.12. The van der Waals surface area contributed by atoms with E-state index in [2.05, 4.69) is 30.5 Å². The quantitative estimate of drug-likeness (QED) is 0.550. The van der Waals surface area contributed by atoms with Crippen molar-refractivity contribution in [3.8, 4) is 0 Å². The summed E-state index contributed by atoms with van der Waals surface area (Å²) >= 11 is 0. The summed E-state index contributed by atoms with van der Waals surface area (Å²) in [6.45, 7) is 10.2. The van der Waals surface area contributed by atoms with Gasteiger partial charge in [0.15, 0.2) is 0 Å². The van der Waals surface area contributed by atoms with Crippen molar-refractivity contribution >= 4 is 11.9 Å². The Balaban J connectivity index is 3.82. The van der Waals surface area contributed by atoms with Gasteiger partial charge in [0.05, 0.1) is 6.42 Å². The van der Waals surface area contributed by atoms with Gasteiger partial charge in [-0.2, -0.15) is 0 Å². The second-order valence-electron chi connectivity index (χ2n) is 5.73. The molecule has 0 bridgehead atoms. The average molecular weight is 244 g/mol. The third kappa shape index (κ3) is 9.85. The van der Waals surface area contributed by atoms with Gasteiger partial charge in [0.1, 0.15) is 0 Å². The molecule has 1 unspecified atom stereocenters. The summed E-state index contributed by atoms with van der Waals surface area (Å²) < 4.78 is 0. The summed E-state index contributed by atoms with van der Waals surface area (Å²) in [5, 5.41) is 0. The maximum Gasteiger partial charge on any atom is 0.355 e. The van der Waals surface area contributed by atoms with Crippen LogP contribution < -0.4 is 0 Å². The molecule has 0 aliphatic rings. The van der Waals surface area contributed by atoms with Gasteiger partial charge in [-0.15, -0.1) is 0 Å². The van der Waals surface area contributed by atoms with Gasteiger partial charge in [-0.05, 0) is 24.2 Å². The fraction of sp³-hybridized carbons (Fsp3) is 0.846.